The van der Waals surface area contributed by atoms with Gasteiger partial charge in [-0.15, -0.1) is 12.4 Å². The molecule has 0 radical (unpaired) electrons. The lowest BCUT2D eigenvalue weighted by atomic mass is 10.2. The van der Waals surface area contributed by atoms with Crippen LogP contribution in [0.5, 0.6) is 11.5 Å². The molecule has 1 aliphatic rings. The Kier molecular flexibility index (Phi) is 8.01. The highest BCUT2D eigenvalue weighted by molar-refractivity contribution is 5.93. The maximum absolute atomic E-state index is 12.2. The van der Waals surface area contributed by atoms with Crippen molar-refractivity contribution in [1.82, 2.24) is 10.2 Å². The number of nitrogens with one attached hydrogen (secondary N) is 2. The average Bonchev–Trinajstić information content (AvgIpc) is 2.76. The molecule has 1 saturated heterocycles. The number of ether oxygens (including phenoxy) is 2. The molecule has 0 saturated carbocycles. The zero-order valence-corrected chi connectivity index (χ0v) is 13.9. The zero-order chi connectivity index (χ0) is 15.1. The van der Waals surface area contributed by atoms with Gasteiger partial charge in [-0.3, -0.25) is 9.69 Å². The third-order valence-corrected chi connectivity index (χ3v) is 3.48. The summed E-state index contributed by atoms with van der Waals surface area (Å²) < 4.78 is 10.4. The molecule has 1 amide bonds. The first-order valence-corrected chi connectivity index (χ1v) is 7.18. The minimum atomic E-state index is -0.0274. The lowest BCUT2D eigenvalue weighted by Crippen LogP contribution is -2.35. The molecular formula is C15H24ClN3O3. The fourth-order valence-corrected chi connectivity index (χ4v) is 2.35. The molecule has 0 bridgehead atoms. The highest BCUT2D eigenvalue weighted by Gasteiger charge is 2.14. The molecule has 1 aromatic carbocycles. The van der Waals surface area contributed by atoms with Gasteiger partial charge in [-0.05, 0) is 31.6 Å². The monoisotopic (exact) mass is 329 g/mol. The Morgan fingerprint density at radius 1 is 1.27 bits per heavy atom. The minimum absolute atomic E-state index is 0. The van der Waals surface area contributed by atoms with Crippen LogP contribution in [0.2, 0.25) is 0 Å². The highest BCUT2D eigenvalue weighted by Crippen LogP contribution is 2.28. The first kappa shape index (κ1) is 18.5. The van der Waals surface area contributed by atoms with Crippen molar-refractivity contribution < 1.29 is 14.3 Å². The second kappa shape index (κ2) is 9.50. The third kappa shape index (κ3) is 5.36. The van der Waals surface area contributed by atoms with Crippen LogP contribution in [0.15, 0.2) is 18.2 Å². The molecule has 1 aliphatic heterocycles. The summed E-state index contributed by atoms with van der Waals surface area (Å²) in [6, 6.07) is 5.35. The Morgan fingerprint density at radius 3 is 2.82 bits per heavy atom. The SMILES string of the molecule is COc1ccc(NC(=O)CN2CCCNCC2)c(OC)c1.Cl. The van der Waals surface area contributed by atoms with E-state index < -0.39 is 0 Å². The Labute approximate surface area is 137 Å². The lowest BCUT2D eigenvalue weighted by molar-refractivity contribution is -0.117. The fourth-order valence-electron chi connectivity index (χ4n) is 2.35. The summed E-state index contributed by atoms with van der Waals surface area (Å²) in [5.41, 5.74) is 0.663. The first-order chi connectivity index (χ1) is 10.2. The topological polar surface area (TPSA) is 62.8 Å². The van der Waals surface area contributed by atoms with Crippen molar-refractivity contribution in [2.75, 3.05) is 52.3 Å². The molecule has 7 heteroatoms. The van der Waals surface area contributed by atoms with E-state index in [-0.39, 0.29) is 18.3 Å². The van der Waals surface area contributed by atoms with Gasteiger partial charge in [-0.2, -0.15) is 0 Å². The van der Waals surface area contributed by atoms with Crippen molar-refractivity contribution in [2.24, 2.45) is 0 Å². The van der Waals surface area contributed by atoms with E-state index >= 15 is 0 Å². The van der Waals surface area contributed by atoms with Crippen LogP contribution in [0.25, 0.3) is 0 Å². The number of hydrogen-bond donors (Lipinski definition) is 2. The normalized spacial score (nSPS) is 15.4. The van der Waals surface area contributed by atoms with Crippen LogP contribution in [0.1, 0.15) is 6.42 Å². The molecule has 0 unspecified atom stereocenters. The van der Waals surface area contributed by atoms with Crippen LogP contribution < -0.4 is 20.1 Å². The van der Waals surface area contributed by atoms with E-state index in [1.54, 1.807) is 32.4 Å². The number of amides is 1. The highest BCUT2D eigenvalue weighted by atomic mass is 35.5. The number of hydrogen-bond acceptors (Lipinski definition) is 5. The van der Waals surface area contributed by atoms with Crippen molar-refractivity contribution in [3.8, 4) is 11.5 Å². The number of rotatable bonds is 5. The molecule has 1 aromatic rings. The van der Waals surface area contributed by atoms with Gasteiger partial charge in [0.15, 0.2) is 0 Å². The van der Waals surface area contributed by atoms with Gasteiger partial charge in [0.25, 0.3) is 0 Å². The van der Waals surface area contributed by atoms with Gasteiger partial charge in [0, 0.05) is 19.2 Å². The first-order valence-electron chi connectivity index (χ1n) is 7.18. The Bertz CT molecular complexity index is 477. The summed E-state index contributed by atoms with van der Waals surface area (Å²) >= 11 is 0. The second-order valence-electron chi connectivity index (χ2n) is 4.99. The molecular weight excluding hydrogens is 306 g/mol. The van der Waals surface area contributed by atoms with Gasteiger partial charge in [0.1, 0.15) is 11.5 Å². The largest absolute Gasteiger partial charge is 0.497 e. The molecule has 2 rings (SSSR count). The molecule has 0 aliphatic carbocycles. The summed E-state index contributed by atoms with van der Waals surface area (Å²) in [6.45, 7) is 4.19. The summed E-state index contributed by atoms with van der Waals surface area (Å²) in [7, 11) is 3.17. The maximum atomic E-state index is 12.2. The van der Waals surface area contributed by atoms with E-state index in [0.717, 1.165) is 32.6 Å². The Hall–Kier alpha value is -1.50. The number of anilines is 1. The number of methoxy groups -OCH3 is 2. The molecule has 1 fully saturated rings. The minimum Gasteiger partial charge on any atom is -0.497 e. The number of benzene rings is 1. The number of carbonyl (C=O) groups excluding carboxylic acids is 1. The van der Waals surface area contributed by atoms with Gasteiger partial charge >= 0.3 is 0 Å². The van der Waals surface area contributed by atoms with E-state index in [1.807, 2.05) is 0 Å². The standard InChI is InChI=1S/C15H23N3O3.ClH/c1-20-12-4-5-13(14(10-12)21-2)17-15(19)11-18-8-3-6-16-7-9-18;/h4-5,10,16H,3,6-9,11H2,1-2H3,(H,17,19);1H. The van der Waals surface area contributed by atoms with Crippen molar-refractivity contribution in [1.29, 1.82) is 0 Å². The van der Waals surface area contributed by atoms with Gasteiger partial charge < -0.3 is 20.1 Å². The van der Waals surface area contributed by atoms with E-state index in [9.17, 15) is 4.79 Å². The molecule has 0 aromatic heterocycles. The smallest absolute Gasteiger partial charge is 0.238 e. The number of carbonyl (C=O) groups is 1. The zero-order valence-electron chi connectivity index (χ0n) is 13.1. The van der Waals surface area contributed by atoms with Gasteiger partial charge in [-0.25, -0.2) is 0 Å². The Morgan fingerprint density at radius 2 is 2.09 bits per heavy atom. The van der Waals surface area contributed by atoms with Crippen LogP contribution in [0, 0.1) is 0 Å². The van der Waals surface area contributed by atoms with Crippen molar-refractivity contribution in [2.45, 2.75) is 6.42 Å². The van der Waals surface area contributed by atoms with Gasteiger partial charge in [0.05, 0.1) is 26.5 Å². The summed E-state index contributed by atoms with van der Waals surface area (Å²) in [4.78, 5) is 14.3. The summed E-state index contributed by atoms with van der Waals surface area (Å²) in [5.74, 6) is 1.27. The Balaban J connectivity index is 0.00000242. The summed E-state index contributed by atoms with van der Waals surface area (Å²) in [6.07, 6.45) is 1.07. The molecule has 1 heterocycles. The predicted octanol–water partition coefficient (Wildman–Crippen LogP) is 1.36. The summed E-state index contributed by atoms with van der Waals surface area (Å²) in [5, 5.41) is 6.22. The molecule has 124 valence electrons. The van der Waals surface area contributed by atoms with Crippen molar-refractivity contribution in [3.63, 3.8) is 0 Å². The fraction of sp³-hybridized carbons (Fsp3) is 0.533. The molecule has 22 heavy (non-hydrogen) atoms. The van der Waals surface area contributed by atoms with E-state index in [4.69, 9.17) is 9.47 Å². The molecule has 2 N–H and O–H groups in total. The second-order valence-corrected chi connectivity index (χ2v) is 4.99. The lowest BCUT2D eigenvalue weighted by Gasteiger charge is -2.19. The number of nitrogens with zero attached hydrogens (tertiary/aromatic N) is 1. The van der Waals surface area contributed by atoms with Crippen LogP contribution in [-0.4, -0.2) is 57.8 Å². The average molecular weight is 330 g/mol. The van der Waals surface area contributed by atoms with Crippen LogP contribution in [0.4, 0.5) is 5.69 Å². The van der Waals surface area contributed by atoms with Gasteiger partial charge in [-0.1, -0.05) is 0 Å². The van der Waals surface area contributed by atoms with Crippen molar-refractivity contribution in [3.05, 3.63) is 18.2 Å². The van der Waals surface area contributed by atoms with E-state index in [0.29, 0.717) is 23.7 Å². The third-order valence-electron chi connectivity index (χ3n) is 3.48. The molecule has 0 atom stereocenters. The van der Waals surface area contributed by atoms with E-state index in [2.05, 4.69) is 15.5 Å². The predicted molar refractivity (Wildman–Crippen MR) is 89.4 cm³/mol. The molecule has 0 spiro atoms. The van der Waals surface area contributed by atoms with Crippen LogP contribution >= 0.6 is 12.4 Å². The van der Waals surface area contributed by atoms with Crippen LogP contribution in [0.3, 0.4) is 0 Å². The molecule has 6 nitrogen and oxygen atoms in total. The van der Waals surface area contributed by atoms with E-state index in [1.165, 1.54) is 0 Å². The van der Waals surface area contributed by atoms with Crippen molar-refractivity contribution >= 4 is 24.0 Å². The maximum Gasteiger partial charge on any atom is 0.238 e. The van der Waals surface area contributed by atoms with Gasteiger partial charge in [0.2, 0.25) is 5.91 Å². The van der Waals surface area contributed by atoms with Crippen LogP contribution in [-0.2, 0) is 4.79 Å². The number of halogens is 1. The quantitative estimate of drug-likeness (QED) is 0.854.